The fourth-order valence-corrected chi connectivity index (χ4v) is 2.87. The molecular weight excluding hydrogens is 292 g/mol. The van der Waals surface area contributed by atoms with Crippen LogP contribution >= 0.6 is 0 Å². The number of rotatable bonds is 3. The van der Waals surface area contributed by atoms with Gasteiger partial charge in [-0.3, -0.25) is 9.59 Å². The number of hydrogen-bond donors (Lipinski definition) is 0. The highest BCUT2D eigenvalue weighted by Gasteiger charge is 2.26. The fourth-order valence-electron chi connectivity index (χ4n) is 2.87. The molecule has 0 saturated heterocycles. The van der Waals surface area contributed by atoms with Gasteiger partial charge in [-0.05, 0) is 56.1 Å². The summed E-state index contributed by atoms with van der Waals surface area (Å²) in [6.07, 6.45) is 2.90. The van der Waals surface area contributed by atoms with Crippen molar-refractivity contribution >= 4 is 11.9 Å². The van der Waals surface area contributed by atoms with E-state index < -0.39 is 0 Å². The van der Waals surface area contributed by atoms with Crippen molar-refractivity contribution in [2.24, 2.45) is 5.92 Å². The molecule has 1 fully saturated rings. The molecule has 1 aliphatic carbocycles. The zero-order valence-electron chi connectivity index (χ0n) is 14.5. The van der Waals surface area contributed by atoms with Gasteiger partial charge in [-0.15, -0.1) is 0 Å². The molecule has 0 N–H and O–H groups in total. The minimum atomic E-state index is -0.321. The van der Waals surface area contributed by atoms with Crippen LogP contribution in [0.2, 0.25) is 0 Å². The Labute approximate surface area is 139 Å². The quantitative estimate of drug-likeness (QED) is 0.580. The van der Waals surface area contributed by atoms with E-state index in [9.17, 15) is 9.59 Å². The van der Waals surface area contributed by atoms with E-state index >= 15 is 0 Å². The van der Waals surface area contributed by atoms with Gasteiger partial charge >= 0.3 is 11.9 Å². The standard InChI is InChI=1S/C19H28O4/c1-12(2)17-9-7-13(3)18(22-15(5)20)10-8-14(4)19(11-17)23-16(6)21/h17-19H,1,3-4,7-11H2,2,5-6H3/t17-,18+,19-/m0/s1. The number of carbonyl (C=O) groups excluding carboxylic acids is 2. The number of esters is 2. The third-order valence-electron chi connectivity index (χ3n) is 4.26. The molecule has 0 spiro atoms. The van der Waals surface area contributed by atoms with Gasteiger partial charge in [0.15, 0.2) is 0 Å². The third-order valence-corrected chi connectivity index (χ3v) is 4.26. The van der Waals surface area contributed by atoms with Crippen LogP contribution in [-0.2, 0) is 19.1 Å². The Balaban J connectivity index is 2.96. The SMILES string of the molecule is C=C(C)[C@H]1CCC(=C)[C@H](OC(C)=O)CCC(=C)[C@@H](OC(C)=O)C1. The van der Waals surface area contributed by atoms with Gasteiger partial charge in [-0.25, -0.2) is 0 Å². The Bertz CT molecular complexity index is 503. The van der Waals surface area contributed by atoms with Crippen LogP contribution in [0.4, 0.5) is 0 Å². The van der Waals surface area contributed by atoms with Crippen molar-refractivity contribution < 1.29 is 19.1 Å². The first kappa shape index (κ1) is 19.2. The highest BCUT2D eigenvalue weighted by atomic mass is 16.5. The summed E-state index contributed by atoms with van der Waals surface area (Å²) in [6.45, 7) is 17.0. The van der Waals surface area contributed by atoms with Crippen molar-refractivity contribution in [2.75, 3.05) is 0 Å². The van der Waals surface area contributed by atoms with E-state index in [1.807, 2.05) is 6.92 Å². The van der Waals surface area contributed by atoms with Crippen LogP contribution < -0.4 is 0 Å². The molecule has 1 aliphatic rings. The maximum absolute atomic E-state index is 11.4. The first-order valence-corrected chi connectivity index (χ1v) is 8.05. The van der Waals surface area contributed by atoms with Gasteiger partial charge < -0.3 is 9.47 Å². The van der Waals surface area contributed by atoms with Crippen LogP contribution in [0.1, 0.15) is 52.9 Å². The van der Waals surface area contributed by atoms with Crippen LogP contribution in [0.5, 0.6) is 0 Å². The lowest BCUT2D eigenvalue weighted by molar-refractivity contribution is -0.145. The highest BCUT2D eigenvalue weighted by molar-refractivity contribution is 5.67. The summed E-state index contributed by atoms with van der Waals surface area (Å²) in [5.41, 5.74) is 2.82. The van der Waals surface area contributed by atoms with E-state index in [1.165, 1.54) is 13.8 Å². The lowest BCUT2D eigenvalue weighted by Crippen LogP contribution is -2.26. The zero-order chi connectivity index (χ0) is 17.6. The Hall–Kier alpha value is -1.84. The van der Waals surface area contributed by atoms with E-state index in [-0.39, 0.29) is 30.1 Å². The number of allylic oxidation sites excluding steroid dienone is 1. The largest absolute Gasteiger partial charge is 0.458 e. The summed E-state index contributed by atoms with van der Waals surface area (Å²) in [4.78, 5) is 22.7. The molecule has 0 radical (unpaired) electrons. The predicted molar refractivity (Wildman–Crippen MR) is 90.8 cm³/mol. The summed E-state index contributed by atoms with van der Waals surface area (Å²) in [6, 6.07) is 0. The van der Waals surface area contributed by atoms with Gasteiger partial charge in [0.1, 0.15) is 12.2 Å². The van der Waals surface area contributed by atoms with Crippen molar-refractivity contribution in [3.8, 4) is 0 Å². The summed E-state index contributed by atoms with van der Waals surface area (Å²) in [5, 5.41) is 0. The first-order chi connectivity index (χ1) is 10.7. The molecule has 4 nitrogen and oxygen atoms in total. The predicted octanol–water partition coefficient (Wildman–Crippen LogP) is 4.12. The second kappa shape index (κ2) is 8.70. The van der Waals surface area contributed by atoms with Crippen LogP contribution in [0.15, 0.2) is 36.5 Å². The molecule has 0 aromatic rings. The third kappa shape index (κ3) is 6.43. The number of ether oxygens (including phenoxy) is 2. The van der Waals surface area contributed by atoms with Crippen LogP contribution in [-0.4, -0.2) is 24.1 Å². The topological polar surface area (TPSA) is 52.6 Å². The second-order valence-electron chi connectivity index (χ2n) is 6.37. The maximum Gasteiger partial charge on any atom is 0.303 e. The van der Waals surface area contributed by atoms with Crippen LogP contribution in [0.25, 0.3) is 0 Å². The van der Waals surface area contributed by atoms with E-state index in [0.717, 1.165) is 29.6 Å². The molecule has 0 aliphatic heterocycles. The Morgan fingerprint density at radius 2 is 1.39 bits per heavy atom. The average Bonchev–Trinajstić information content (AvgIpc) is 2.43. The molecule has 0 aromatic heterocycles. The van der Waals surface area contributed by atoms with Gasteiger partial charge in [-0.1, -0.05) is 25.3 Å². The fraction of sp³-hybridized carbons (Fsp3) is 0.579. The molecule has 0 aromatic carbocycles. The molecule has 0 unspecified atom stereocenters. The van der Waals surface area contributed by atoms with Crippen molar-refractivity contribution in [1.29, 1.82) is 0 Å². The van der Waals surface area contributed by atoms with Crippen molar-refractivity contribution in [2.45, 2.75) is 65.1 Å². The summed E-state index contributed by atoms with van der Waals surface area (Å²) >= 11 is 0. The molecule has 0 bridgehead atoms. The molecule has 1 rings (SSSR count). The average molecular weight is 320 g/mol. The van der Waals surface area contributed by atoms with Gasteiger partial charge in [0, 0.05) is 13.8 Å². The zero-order valence-corrected chi connectivity index (χ0v) is 14.5. The molecule has 3 atom stereocenters. The van der Waals surface area contributed by atoms with E-state index in [4.69, 9.17) is 9.47 Å². The summed E-state index contributed by atoms with van der Waals surface area (Å²) < 4.78 is 10.8. The highest BCUT2D eigenvalue weighted by Crippen LogP contribution is 2.32. The first-order valence-electron chi connectivity index (χ1n) is 8.05. The minimum absolute atomic E-state index is 0.212. The maximum atomic E-state index is 11.4. The minimum Gasteiger partial charge on any atom is -0.458 e. The molecule has 128 valence electrons. The molecule has 23 heavy (non-hydrogen) atoms. The van der Waals surface area contributed by atoms with Crippen molar-refractivity contribution in [3.05, 3.63) is 36.5 Å². The van der Waals surface area contributed by atoms with E-state index in [1.54, 1.807) is 0 Å². The summed E-state index contributed by atoms with van der Waals surface area (Å²) in [7, 11) is 0. The lowest BCUT2D eigenvalue weighted by Gasteiger charge is -2.29. The smallest absolute Gasteiger partial charge is 0.303 e. The van der Waals surface area contributed by atoms with Crippen molar-refractivity contribution in [3.63, 3.8) is 0 Å². The molecular formula is C19H28O4. The monoisotopic (exact) mass is 320 g/mol. The lowest BCUT2D eigenvalue weighted by atomic mass is 9.83. The van der Waals surface area contributed by atoms with E-state index in [2.05, 4.69) is 19.7 Å². The summed E-state index contributed by atoms with van der Waals surface area (Å²) in [5.74, 6) is -0.412. The normalized spacial score (nSPS) is 26.3. The number of hydrogen-bond acceptors (Lipinski definition) is 4. The van der Waals surface area contributed by atoms with Gasteiger partial charge in [-0.2, -0.15) is 0 Å². The molecule has 0 heterocycles. The van der Waals surface area contributed by atoms with Crippen molar-refractivity contribution in [1.82, 2.24) is 0 Å². The van der Waals surface area contributed by atoms with Gasteiger partial charge in [0.05, 0.1) is 0 Å². The molecule has 0 amide bonds. The second-order valence-corrected chi connectivity index (χ2v) is 6.37. The molecule has 4 heteroatoms. The Morgan fingerprint density at radius 3 is 1.91 bits per heavy atom. The van der Waals surface area contributed by atoms with Gasteiger partial charge in [0.25, 0.3) is 0 Å². The van der Waals surface area contributed by atoms with Crippen LogP contribution in [0.3, 0.4) is 0 Å². The Morgan fingerprint density at radius 1 is 0.913 bits per heavy atom. The molecule has 1 saturated carbocycles. The Kier molecular flexibility index (Phi) is 7.27. The number of carbonyl (C=O) groups is 2. The van der Waals surface area contributed by atoms with Gasteiger partial charge in [0.2, 0.25) is 0 Å². The van der Waals surface area contributed by atoms with E-state index in [0.29, 0.717) is 19.3 Å². The van der Waals surface area contributed by atoms with Crippen LogP contribution in [0, 0.1) is 5.92 Å².